The van der Waals surface area contributed by atoms with E-state index in [1.165, 1.54) is 0 Å². The van der Waals surface area contributed by atoms with E-state index >= 15 is 0 Å². The summed E-state index contributed by atoms with van der Waals surface area (Å²) in [6.07, 6.45) is 6.26. The lowest BCUT2D eigenvalue weighted by atomic mass is 9.91. The van der Waals surface area contributed by atoms with Gasteiger partial charge in [-0.05, 0) is 55.3 Å². The molecule has 6 nitrogen and oxygen atoms in total. The molecule has 5 aromatic rings. The van der Waals surface area contributed by atoms with Gasteiger partial charge in [0.25, 0.3) is 11.5 Å². The van der Waals surface area contributed by atoms with Gasteiger partial charge in [-0.2, -0.15) is 0 Å². The van der Waals surface area contributed by atoms with E-state index in [1.807, 2.05) is 62.4 Å². The number of aromatic nitrogens is 2. The van der Waals surface area contributed by atoms with Gasteiger partial charge in [-0.15, -0.1) is 0 Å². The van der Waals surface area contributed by atoms with E-state index in [1.54, 1.807) is 22.6 Å². The van der Waals surface area contributed by atoms with Crippen molar-refractivity contribution in [1.82, 2.24) is 14.7 Å². The summed E-state index contributed by atoms with van der Waals surface area (Å²) in [5, 5.41) is 7.22. The van der Waals surface area contributed by atoms with Crippen LogP contribution in [0.5, 0.6) is 0 Å². The smallest absolute Gasteiger partial charge is 0.264 e. The number of allylic oxidation sites excluding steroid dienone is 1. The second-order valence-corrected chi connectivity index (χ2v) is 8.63. The van der Waals surface area contributed by atoms with Crippen LogP contribution in [0.25, 0.3) is 39.3 Å². The van der Waals surface area contributed by atoms with Crippen molar-refractivity contribution in [2.24, 2.45) is 4.99 Å². The zero-order chi connectivity index (χ0) is 24.3. The predicted molar refractivity (Wildman–Crippen MR) is 141 cm³/mol. The molecule has 0 bridgehead atoms. The van der Waals surface area contributed by atoms with E-state index in [0.29, 0.717) is 27.8 Å². The minimum absolute atomic E-state index is 0.170. The Bertz CT molecular complexity index is 1930. The van der Waals surface area contributed by atoms with Gasteiger partial charge in [-0.25, -0.2) is 9.98 Å². The standard InChI is InChI=1S/C29H22N4O2/c1-4-8-22-23(9-5-2)33-27(31-22)18-13-12-17-24-19(14-15-20(25(18)24)29(33)35)28(34)32-26(17)30-21-11-7-6-10-16(21)3/h5-15H,2,4H2,1,3H3,(H,30,32,34)/b22-8+,23-9+. The lowest BCUT2D eigenvalue weighted by Crippen LogP contribution is -2.36. The summed E-state index contributed by atoms with van der Waals surface area (Å²) in [6, 6.07) is 15.1. The van der Waals surface area contributed by atoms with Crippen molar-refractivity contribution in [3.63, 3.8) is 0 Å². The van der Waals surface area contributed by atoms with Crippen molar-refractivity contribution in [3.05, 3.63) is 98.9 Å². The van der Waals surface area contributed by atoms with E-state index in [9.17, 15) is 9.59 Å². The molecule has 0 atom stereocenters. The molecule has 0 saturated heterocycles. The number of hydrogen-bond donors (Lipinski definition) is 1. The maximum atomic E-state index is 13.8. The number of carbonyl (C=O) groups excluding carboxylic acids is 1. The third-order valence-corrected chi connectivity index (χ3v) is 6.53. The number of pyridine rings is 1. The average Bonchev–Trinajstić information content (AvgIpc) is 3.21. The fraction of sp³-hybridized carbons (Fsp3) is 0.103. The van der Waals surface area contributed by atoms with Gasteiger partial charge >= 0.3 is 0 Å². The fourth-order valence-corrected chi connectivity index (χ4v) is 4.96. The lowest BCUT2D eigenvalue weighted by Gasteiger charge is -2.21. The number of hydrogen-bond acceptors (Lipinski definition) is 4. The van der Waals surface area contributed by atoms with Gasteiger partial charge < -0.3 is 5.32 Å². The van der Waals surface area contributed by atoms with Gasteiger partial charge in [0.15, 0.2) is 0 Å². The van der Waals surface area contributed by atoms with E-state index in [2.05, 4.69) is 11.9 Å². The number of imidazole rings is 1. The first-order valence-electron chi connectivity index (χ1n) is 11.6. The Morgan fingerprint density at radius 1 is 1.03 bits per heavy atom. The van der Waals surface area contributed by atoms with Crippen LogP contribution >= 0.6 is 0 Å². The highest BCUT2D eigenvalue weighted by Crippen LogP contribution is 2.34. The second kappa shape index (κ2) is 7.74. The number of rotatable bonds is 3. The summed E-state index contributed by atoms with van der Waals surface area (Å²) >= 11 is 0. The number of fused-ring (bicyclic) bond motifs is 2. The van der Waals surface area contributed by atoms with Crippen molar-refractivity contribution >= 4 is 56.8 Å². The van der Waals surface area contributed by atoms with Gasteiger partial charge in [0, 0.05) is 32.7 Å². The Morgan fingerprint density at radius 3 is 2.57 bits per heavy atom. The van der Waals surface area contributed by atoms with Gasteiger partial charge in [-0.1, -0.05) is 43.9 Å². The Kier molecular flexibility index (Phi) is 4.64. The molecular formula is C29H22N4O2. The highest BCUT2D eigenvalue weighted by Gasteiger charge is 2.27. The molecular weight excluding hydrogens is 436 g/mol. The van der Waals surface area contributed by atoms with Gasteiger partial charge in [-0.3, -0.25) is 14.0 Å². The number of nitrogens with one attached hydrogen (secondary N) is 1. The Balaban J connectivity index is 1.79. The highest BCUT2D eigenvalue weighted by atomic mass is 16.2. The third kappa shape index (κ3) is 2.96. The van der Waals surface area contributed by atoms with Crippen LogP contribution in [0, 0.1) is 6.92 Å². The number of para-hydroxylation sites is 1. The monoisotopic (exact) mass is 458 g/mol. The number of aliphatic imine (C=N–C) groups is 1. The molecule has 2 aromatic heterocycles. The van der Waals surface area contributed by atoms with Gasteiger partial charge in [0.2, 0.25) is 0 Å². The number of amidine groups is 1. The summed E-state index contributed by atoms with van der Waals surface area (Å²) < 4.78 is 1.65. The SMILES string of the molecule is C=C/C=c1\c(=C/CC)nc2c3ccc4c5c(ccc(c(=O)n12)c53)C(=O)N/C4=N\c1ccccc1C. The van der Waals surface area contributed by atoms with Crippen LogP contribution in [-0.4, -0.2) is 21.1 Å². The molecule has 35 heavy (non-hydrogen) atoms. The average molecular weight is 459 g/mol. The first-order valence-corrected chi connectivity index (χ1v) is 11.6. The normalized spacial score (nSPS) is 15.6. The van der Waals surface area contributed by atoms with Gasteiger partial charge in [0.05, 0.1) is 16.4 Å². The molecule has 0 radical (unpaired) electrons. The Hall–Kier alpha value is -4.58. The number of benzene rings is 3. The molecule has 170 valence electrons. The largest absolute Gasteiger partial charge is 0.306 e. The molecule has 3 aromatic carbocycles. The van der Waals surface area contributed by atoms with Gasteiger partial charge in [0.1, 0.15) is 11.5 Å². The topological polar surface area (TPSA) is 75.8 Å². The van der Waals surface area contributed by atoms with Crippen LogP contribution in [0.4, 0.5) is 5.69 Å². The molecule has 6 heteroatoms. The molecule has 1 aliphatic heterocycles. The lowest BCUT2D eigenvalue weighted by molar-refractivity contribution is 0.0977. The summed E-state index contributed by atoms with van der Waals surface area (Å²) in [5.74, 6) is 0.234. The second-order valence-electron chi connectivity index (χ2n) is 8.63. The van der Waals surface area contributed by atoms with E-state index in [0.717, 1.165) is 44.7 Å². The van der Waals surface area contributed by atoms with Crippen molar-refractivity contribution < 1.29 is 4.79 Å². The first kappa shape index (κ1) is 21.0. The van der Waals surface area contributed by atoms with Crippen molar-refractivity contribution in [2.45, 2.75) is 20.3 Å². The molecule has 3 heterocycles. The van der Waals surface area contributed by atoms with E-state index in [-0.39, 0.29) is 11.5 Å². The third-order valence-electron chi connectivity index (χ3n) is 6.53. The number of aryl methyl sites for hydroxylation is 1. The first-order chi connectivity index (χ1) is 17.0. The summed E-state index contributed by atoms with van der Waals surface area (Å²) in [4.78, 5) is 36.5. The molecule has 6 rings (SSSR count). The maximum absolute atomic E-state index is 13.8. The van der Waals surface area contributed by atoms with Crippen LogP contribution in [0.1, 0.15) is 34.8 Å². The van der Waals surface area contributed by atoms with Crippen LogP contribution in [0.15, 0.2) is 71.0 Å². The van der Waals surface area contributed by atoms with E-state index < -0.39 is 0 Å². The van der Waals surface area contributed by atoms with Crippen LogP contribution < -0.4 is 21.6 Å². The van der Waals surface area contributed by atoms with Crippen LogP contribution in [0.2, 0.25) is 0 Å². The minimum atomic E-state index is -0.240. The zero-order valence-corrected chi connectivity index (χ0v) is 19.4. The zero-order valence-electron chi connectivity index (χ0n) is 19.4. The fourth-order valence-electron chi connectivity index (χ4n) is 4.96. The summed E-state index contributed by atoms with van der Waals surface area (Å²) in [6.45, 7) is 7.83. The highest BCUT2D eigenvalue weighted by molar-refractivity contribution is 6.32. The molecule has 1 aliphatic rings. The molecule has 1 N–H and O–H groups in total. The summed E-state index contributed by atoms with van der Waals surface area (Å²) in [7, 11) is 0. The predicted octanol–water partition coefficient (Wildman–Crippen LogP) is 3.73. The molecule has 1 amide bonds. The Labute approximate surface area is 200 Å². The van der Waals surface area contributed by atoms with Crippen molar-refractivity contribution in [3.8, 4) is 0 Å². The van der Waals surface area contributed by atoms with Crippen molar-refractivity contribution in [1.29, 1.82) is 0 Å². The van der Waals surface area contributed by atoms with Crippen LogP contribution in [0.3, 0.4) is 0 Å². The van der Waals surface area contributed by atoms with Crippen LogP contribution in [-0.2, 0) is 0 Å². The quantitative estimate of drug-likeness (QED) is 0.448. The molecule has 0 fully saturated rings. The molecule has 0 spiro atoms. The minimum Gasteiger partial charge on any atom is -0.306 e. The number of nitrogens with zero attached hydrogens (tertiary/aromatic N) is 3. The van der Waals surface area contributed by atoms with E-state index in [4.69, 9.17) is 9.98 Å². The molecule has 0 aliphatic carbocycles. The maximum Gasteiger partial charge on any atom is 0.264 e. The summed E-state index contributed by atoms with van der Waals surface area (Å²) in [5.41, 5.74) is 3.50. The number of amides is 1. The molecule has 0 saturated carbocycles. The van der Waals surface area contributed by atoms with Crippen molar-refractivity contribution in [2.75, 3.05) is 0 Å². The number of carbonyl (C=O) groups is 1. The molecule has 0 unspecified atom stereocenters. The Morgan fingerprint density at radius 2 is 1.80 bits per heavy atom.